The van der Waals surface area contributed by atoms with Crippen molar-refractivity contribution < 1.29 is 48.9 Å². The molecule has 2 heterocycles. The zero-order valence-electron chi connectivity index (χ0n) is 13.6. The maximum atomic E-state index is 10.6. The maximum absolute atomic E-state index is 10.6. The van der Waals surface area contributed by atoms with Gasteiger partial charge in [0.2, 0.25) is 11.2 Å². The van der Waals surface area contributed by atoms with E-state index >= 15 is 0 Å². The largest absolute Gasteiger partial charge is 0.504 e. The second kappa shape index (κ2) is 5.10. The van der Waals surface area contributed by atoms with E-state index in [2.05, 4.69) is 0 Å². The van der Waals surface area contributed by atoms with Crippen LogP contribution in [-0.2, 0) is 0 Å². The molecule has 0 atom stereocenters. The van der Waals surface area contributed by atoms with Crippen LogP contribution in [0.1, 0.15) is 0 Å². The molecular weight excluding hydrogens is 376 g/mol. The van der Waals surface area contributed by atoms with Gasteiger partial charge >= 0.3 is 0 Å². The highest BCUT2D eigenvalue weighted by atomic mass is 17.0. The van der Waals surface area contributed by atoms with Crippen molar-refractivity contribution in [3.8, 4) is 34.5 Å². The molecule has 5 rings (SSSR count). The van der Waals surface area contributed by atoms with E-state index < -0.39 is 34.5 Å². The first-order valence-electron chi connectivity index (χ1n) is 7.80. The van der Waals surface area contributed by atoms with Gasteiger partial charge < -0.3 is 30.6 Å². The van der Waals surface area contributed by atoms with E-state index in [4.69, 9.17) is 18.3 Å². The lowest BCUT2D eigenvalue weighted by atomic mass is 10.0. The van der Waals surface area contributed by atoms with Crippen molar-refractivity contribution >= 4 is 43.9 Å². The van der Waals surface area contributed by atoms with Crippen LogP contribution in [0.3, 0.4) is 0 Å². The predicted molar refractivity (Wildman–Crippen MR) is 93.1 cm³/mol. The number of hydrogen-bond donors (Lipinski definition) is 6. The SMILES string of the molecule is Oc1cc2ooc3c4ooc5cc(O)c(O)cc5c4c(O)c(O)c3c2cc1O. The molecule has 2 aromatic heterocycles. The molecule has 0 spiro atoms. The molecule has 0 amide bonds. The number of hydrogen-bond acceptors (Lipinski definition) is 10. The van der Waals surface area contributed by atoms with E-state index in [0.29, 0.717) is 0 Å². The maximum Gasteiger partial charge on any atom is 0.238 e. The van der Waals surface area contributed by atoms with Crippen molar-refractivity contribution in [2.45, 2.75) is 0 Å². The quantitative estimate of drug-likeness (QED) is 0.129. The number of aromatic hydroxyl groups is 6. The summed E-state index contributed by atoms with van der Waals surface area (Å²) in [5.41, 5.74) is -0.420. The molecule has 0 bridgehead atoms. The lowest BCUT2D eigenvalue weighted by Gasteiger charge is -2.10. The molecule has 5 aromatic rings. The van der Waals surface area contributed by atoms with Gasteiger partial charge in [-0.3, -0.25) is 18.3 Å². The Hall–Kier alpha value is -4.34. The van der Waals surface area contributed by atoms with E-state index in [-0.39, 0.29) is 43.9 Å². The zero-order valence-corrected chi connectivity index (χ0v) is 13.6. The molecule has 0 saturated heterocycles. The lowest BCUT2D eigenvalue weighted by molar-refractivity contribution is 0.0740. The van der Waals surface area contributed by atoms with Crippen molar-refractivity contribution in [2.24, 2.45) is 0 Å². The van der Waals surface area contributed by atoms with Crippen molar-refractivity contribution in [3.05, 3.63) is 24.3 Å². The Balaban J connectivity index is 2.06. The second-order valence-electron chi connectivity index (χ2n) is 6.11. The van der Waals surface area contributed by atoms with Gasteiger partial charge in [0.1, 0.15) is 0 Å². The summed E-state index contributed by atoms with van der Waals surface area (Å²) in [6.45, 7) is 0. The highest BCUT2D eigenvalue weighted by Gasteiger charge is 2.25. The minimum atomic E-state index is -0.632. The molecule has 0 fully saturated rings. The lowest BCUT2D eigenvalue weighted by Crippen LogP contribution is -1.86. The fraction of sp³-hybridized carbons (Fsp3) is 0. The van der Waals surface area contributed by atoms with E-state index in [1.807, 2.05) is 0 Å². The van der Waals surface area contributed by atoms with Gasteiger partial charge in [0, 0.05) is 22.9 Å². The van der Waals surface area contributed by atoms with Gasteiger partial charge in [-0.1, -0.05) is 0 Å². The van der Waals surface area contributed by atoms with E-state index in [0.717, 1.165) is 24.3 Å². The van der Waals surface area contributed by atoms with E-state index in [9.17, 15) is 30.6 Å². The smallest absolute Gasteiger partial charge is 0.238 e. The topological polar surface area (TPSA) is 174 Å². The monoisotopic (exact) mass is 386 g/mol. The number of phenols is 6. The summed E-state index contributed by atoms with van der Waals surface area (Å²) in [7, 11) is 0. The highest BCUT2D eigenvalue weighted by Crippen LogP contribution is 2.49. The van der Waals surface area contributed by atoms with Crippen LogP contribution in [0.15, 0.2) is 42.6 Å². The Morgan fingerprint density at radius 1 is 0.464 bits per heavy atom. The molecular formula is C18H10O10. The Bertz CT molecular complexity index is 1360. The minimum absolute atomic E-state index is 0.0304. The summed E-state index contributed by atoms with van der Waals surface area (Å²) in [5, 5.41) is 60.1. The van der Waals surface area contributed by atoms with Gasteiger partial charge in [0.15, 0.2) is 45.7 Å². The van der Waals surface area contributed by atoms with E-state index in [1.54, 1.807) is 0 Å². The number of benzene rings is 3. The average Bonchev–Trinajstić information content (AvgIpc) is 2.66. The van der Waals surface area contributed by atoms with Gasteiger partial charge in [-0.25, -0.2) is 0 Å². The fourth-order valence-electron chi connectivity index (χ4n) is 3.15. The molecule has 0 aliphatic heterocycles. The first kappa shape index (κ1) is 15.9. The average molecular weight is 386 g/mol. The Kier molecular flexibility index (Phi) is 2.89. The van der Waals surface area contributed by atoms with Crippen molar-refractivity contribution in [1.29, 1.82) is 0 Å². The normalized spacial score (nSPS) is 11.7. The van der Waals surface area contributed by atoms with Crippen LogP contribution in [0, 0.1) is 0 Å². The summed E-state index contributed by atoms with van der Waals surface area (Å²) in [6.07, 6.45) is 0. The van der Waals surface area contributed by atoms with Gasteiger partial charge in [0.25, 0.3) is 0 Å². The first-order chi connectivity index (χ1) is 13.4. The van der Waals surface area contributed by atoms with Gasteiger partial charge in [0.05, 0.1) is 10.8 Å². The van der Waals surface area contributed by atoms with Crippen LogP contribution in [0.5, 0.6) is 34.5 Å². The molecule has 0 unspecified atom stereocenters. The number of fused-ring (bicyclic) bond motifs is 7. The third-order valence-corrected chi connectivity index (χ3v) is 4.48. The van der Waals surface area contributed by atoms with Gasteiger partial charge in [-0.05, 0) is 12.1 Å². The van der Waals surface area contributed by atoms with Crippen LogP contribution in [0.2, 0.25) is 0 Å². The Morgan fingerprint density at radius 2 is 0.821 bits per heavy atom. The summed E-state index contributed by atoms with van der Waals surface area (Å²) in [6, 6.07) is 4.35. The molecule has 6 N–H and O–H groups in total. The second-order valence-corrected chi connectivity index (χ2v) is 6.11. The molecule has 10 nitrogen and oxygen atoms in total. The summed E-state index contributed by atoms with van der Waals surface area (Å²) in [5.74, 6) is -3.20. The molecule has 0 saturated carbocycles. The molecule has 142 valence electrons. The summed E-state index contributed by atoms with van der Waals surface area (Å²) < 4.78 is 20.5. The fourth-order valence-corrected chi connectivity index (χ4v) is 3.15. The predicted octanol–water partition coefficient (Wildman–Crippen LogP) is 4.03. The number of rotatable bonds is 0. The molecule has 0 aliphatic carbocycles. The van der Waals surface area contributed by atoms with Crippen LogP contribution in [0.4, 0.5) is 0 Å². The zero-order chi connectivity index (χ0) is 19.7. The van der Waals surface area contributed by atoms with Crippen LogP contribution in [0.25, 0.3) is 43.9 Å². The Morgan fingerprint density at radius 3 is 1.21 bits per heavy atom. The van der Waals surface area contributed by atoms with E-state index in [1.165, 1.54) is 0 Å². The van der Waals surface area contributed by atoms with Crippen molar-refractivity contribution in [3.63, 3.8) is 0 Å². The van der Waals surface area contributed by atoms with Gasteiger partial charge in [-0.15, -0.1) is 0 Å². The van der Waals surface area contributed by atoms with Crippen LogP contribution < -0.4 is 0 Å². The van der Waals surface area contributed by atoms with Gasteiger partial charge in [-0.2, -0.15) is 0 Å². The molecule has 10 heteroatoms. The third-order valence-electron chi connectivity index (χ3n) is 4.48. The highest BCUT2D eigenvalue weighted by molar-refractivity contribution is 6.21. The molecule has 0 radical (unpaired) electrons. The molecule has 0 aliphatic rings. The molecule has 28 heavy (non-hydrogen) atoms. The van der Waals surface area contributed by atoms with Crippen molar-refractivity contribution in [2.75, 3.05) is 0 Å². The first-order valence-corrected chi connectivity index (χ1v) is 7.80. The summed E-state index contributed by atoms with van der Waals surface area (Å²) >= 11 is 0. The number of phenolic OH excluding ortho intramolecular Hbond substituents is 6. The van der Waals surface area contributed by atoms with Crippen LogP contribution in [-0.4, -0.2) is 30.6 Å². The third kappa shape index (κ3) is 1.91. The van der Waals surface area contributed by atoms with Crippen LogP contribution >= 0.6 is 0 Å². The standard InChI is InChI=1S/C18H10O10/c19-7-1-5-11(3-9(7)21)25-27-17-13(5)15(23)16(24)14-6-2-8(20)10(22)4-12(6)26-28-18(14)17/h1-4,19-24H. The molecule has 3 aromatic carbocycles. The van der Waals surface area contributed by atoms with Crippen molar-refractivity contribution in [1.82, 2.24) is 0 Å². The summed E-state index contributed by atoms with van der Waals surface area (Å²) in [4.78, 5) is 0. The minimum Gasteiger partial charge on any atom is -0.504 e. The Labute approximate surface area is 152 Å².